The van der Waals surface area contributed by atoms with Gasteiger partial charge in [-0.15, -0.1) is 0 Å². The van der Waals surface area contributed by atoms with Crippen LogP contribution in [0.4, 0.5) is 4.39 Å². The largest absolute Gasteiger partial charge is 0.507 e. The standard InChI is InChI=1S/C13H10Br2FNO2/c1-5-10(14)12(16)11(15)9-7(18)4-8(19)17(13(5)9)6-2-3-6/h4,6,18H,2-3H2,1H3. The van der Waals surface area contributed by atoms with Crippen molar-refractivity contribution in [1.29, 1.82) is 0 Å². The van der Waals surface area contributed by atoms with Gasteiger partial charge in [0.1, 0.15) is 5.75 Å². The molecule has 6 heteroatoms. The minimum atomic E-state index is -0.471. The fourth-order valence-corrected chi connectivity index (χ4v) is 3.61. The van der Waals surface area contributed by atoms with Crippen molar-refractivity contribution in [2.45, 2.75) is 25.8 Å². The first-order valence-electron chi connectivity index (χ1n) is 5.84. The van der Waals surface area contributed by atoms with Gasteiger partial charge in [-0.05, 0) is 57.2 Å². The van der Waals surface area contributed by atoms with E-state index >= 15 is 0 Å². The number of hydrogen-bond acceptors (Lipinski definition) is 2. The molecule has 1 aromatic carbocycles. The van der Waals surface area contributed by atoms with E-state index in [1.165, 1.54) is 0 Å². The van der Waals surface area contributed by atoms with Gasteiger partial charge in [-0.25, -0.2) is 4.39 Å². The van der Waals surface area contributed by atoms with Crippen LogP contribution in [-0.2, 0) is 0 Å². The Hall–Kier alpha value is -0.880. The highest BCUT2D eigenvalue weighted by atomic mass is 79.9. The molecule has 2 aromatic rings. The minimum Gasteiger partial charge on any atom is -0.507 e. The topological polar surface area (TPSA) is 42.2 Å². The van der Waals surface area contributed by atoms with Gasteiger partial charge in [0.2, 0.25) is 0 Å². The fraction of sp³-hybridized carbons (Fsp3) is 0.308. The second-order valence-electron chi connectivity index (χ2n) is 4.76. The Morgan fingerprint density at radius 1 is 1.37 bits per heavy atom. The second-order valence-corrected chi connectivity index (χ2v) is 6.35. The van der Waals surface area contributed by atoms with E-state index in [2.05, 4.69) is 31.9 Å². The van der Waals surface area contributed by atoms with E-state index < -0.39 is 5.82 Å². The number of rotatable bonds is 1. The number of aromatic nitrogens is 1. The number of benzene rings is 1. The molecule has 1 aliphatic rings. The van der Waals surface area contributed by atoms with Gasteiger partial charge in [0, 0.05) is 12.1 Å². The lowest BCUT2D eigenvalue weighted by Crippen LogP contribution is -2.19. The van der Waals surface area contributed by atoms with Crippen molar-refractivity contribution in [1.82, 2.24) is 4.57 Å². The lowest BCUT2D eigenvalue weighted by atomic mass is 10.1. The van der Waals surface area contributed by atoms with Crippen LogP contribution in [0.5, 0.6) is 5.75 Å². The summed E-state index contributed by atoms with van der Waals surface area (Å²) >= 11 is 6.37. The third-order valence-corrected chi connectivity index (χ3v) is 5.12. The summed E-state index contributed by atoms with van der Waals surface area (Å²) in [7, 11) is 0. The maximum absolute atomic E-state index is 14.1. The Bertz CT molecular complexity index is 766. The van der Waals surface area contributed by atoms with Gasteiger partial charge in [-0.1, -0.05) is 0 Å². The molecular formula is C13H10Br2FNO2. The van der Waals surface area contributed by atoms with Crippen molar-refractivity contribution >= 4 is 42.8 Å². The maximum atomic E-state index is 14.1. The fourth-order valence-electron chi connectivity index (χ4n) is 2.37. The van der Waals surface area contributed by atoms with Crippen molar-refractivity contribution in [3.63, 3.8) is 0 Å². The number of fused-ring (bicyclic) bond motifs is 1. The van der Waals surface area contributed by atoms with Crippen LogP contribution < -0.4 is 5.56 Å². The van der Waals surface area contributed by atoms with Crippen molar-refractivity contribution in [3.05, 3.63) is 36.7 Å². The van der Waals surface area contributed by atoms with E-state index in [1.807, 2.05) is 0 Å². The highest BCUT2D eigenvalue weighted by molar-refractivity contribution is 9.11. The number of nitrogens with zero attached hydrogens (tertiary/aromatic N) is 1. The molecule has 0 spiro atoms. The summed E-state index contributed by atoms with van der Waals surface area (Å²) in [6.45, 7) is 1.74. The molecule has 0 aliphatic heterocycles. The summed E-state index contributed by atoms with van der Waals surface area (Å²) in [5.41, 5.74) is 0.962. The summed E-state index contributed by atoms with van der Waals surface area (Å²) < 4.78 is 16.2. The van der Waals surface area contributed by atoms with E-state index in [-0.39, 0.29) is 21.8 Å². The molecule has 100 valence electrons. The first kappa shape index (κ1) is 13.1. The molecule has 1 N–H and O–H groups in total. The first-order valence-corrected chi connectivity index (χ1v) is 7.43. The summed E-state index contributed by atoms with van der Waals surface area (Å²) in [5, 5.41) is 10.3. The maximum Gasteiger partial charge on any atom is 0.255 e. The molecule has 0 saturated heterocycles. The molecule has 0 amide bonds. The third kappa shape index (κ3) is 1.84. The summed E-state index contributed by atoms with van der Waals surface area (Å²) in [5.74, 6) is -0.667. The predicted octanol–water partition coefficient (Wildman–Crippen LogP) is 4.01. The molecule has 0 bridgehead atoms. The molecule has 0 radical (unpaired) electrons. The van der Waals surface area contributed by atoms with E-state index in [1.54, 1.807) is 11.5 Å². The Balaban J connectivity index is 2.60. The van der Waals surface area contributed by atoms with Gasteiger partial charge in [0.25, 0.3) is 5.56 Å². The van der Waals surface area contributed by atoms with Gasteiger partial charge < -0.3 is 9.67 Å². The first-order chi connectivity index (χ1) is 8.93. The van der Waals surface area contributed by atoms with Crippen LogP contribution in [0, 0.1) is 12.7 Å². The van der Waals surface area contributed by atoms with Crippen molar-refractivity contribution in [3.8, 4) is 5.75 Å². The van der Waals surface area contributed by atoms with Crippen LogP contribution in [-0.4, -0.2) is 9.67 Å². The molecule has 1 saturated carbocycles. The highest BCUT2D eigenvalue weighted by Crippen LogP contribution is 2.43. The van der Waals surface area contributed by atoms with E-state index in [0.29, 0.717) is 20.9 Å². The van der Waals surface area contributed by atoms with Crippen molar-refractivity contribution < 1.29 is 9.50 Å². The van der Waals surface area contributed by atoms with E-state index in [9.17, 15) is 14.3 Å². The lowest BCUT2D eigenvalue weighted by Gasteiger charge is -2.16. The summed E-state index contributed by atoms with van der Waals surface area (Å²) in [4.78, 5) is 12.1. The predicted molar refractivity (Wildman–Crippen MR) is 78.2 cm³/mol. The van der Waals surface area contributed by atoms with Crippen LogP contribution in [0.2, 0.25) is 0 Å². The van der Waals surface area contributed by atoms with Crippen LogP contribution >= 0.6 is 31.9 Å². The number of aryl methyl sites for hydroxylation is 1. The van der Waals surface area contributed by atoms with Gasteiger partial charge in [0.05, 0.1) is 19.8 Å². The molecule has 3 nitrogen and oxygen atoms in total. The zero-order valence-electron chi connectivity index (χ0n) is 10.0. The average molecular weight is 391 g/mol. The van der Waals surface area contributed by atoms with E-state index in [0.717, 1.165) is 18.9 Å². The minimum absolute atomic E-state index is 0.151. The highest BCUT2D eigenvalue weighted by Gasteiger charge is 2.29. The molecule has 3 rings (SSSR count). The van der Waals surface area contributed by atoms with Crippen LogP contribution in [0.15, 0.2) is 19.8 Å². The van der Waals surface area contributed by atoms with Gasteiger partial charge in [-0.2, -0.15) is 0 Å². The van der Waals surface area contributed by atoms with Crippen LogP contribution in [0.1, 0.15) is 24.4 Å². The molecule has 19 heavy (non-hydrogen) atoms. The van der Waals surface area contributed by atoms with E-state index in [4.69, 9.17) is 0 Å². The summed E-state index contributed by atoms with van der Waals surface area (Å²) in [6.07, 6.45) is 1.87. The zero-order chi connectivity index (χ0) is 13.9. The Labute approximate surface area is 125 Å². The SMILES string of the molecule is Cc1c(Br)c(F)c(Br)c2c(O)cc(=O)n(C3CC3)c12. The number of halogens is 3. The molecule has 1 heterocycles. The molecule has 1 fully saturated rings. The molecule has 0 atom stereocenters. The average Bonchev–Trinajstić information content (AvgIpc) is 3.17. The summed E-state index contributed by atoms with van der Waals surface area (Å²) in [6, 6.07) is 1.30. The van der Waals surface area contributed by atoms with Gasteiger partial charge in [-0.3, -0.25) is 4.79 Å². The Morgan fingerprint density at radius 2 is 2.00 bits per heavy atom. The van der Waals surface area contributed by atoms with Gasteiger partial charge in [0.15, 0.2) is 5.82 Å². The number of hydrogen-bond donors (Lipinski definition) is 1. The Morgan fingerprint density at radius 3 is 2.58 bits per heavy atom. The Kier molecular flexibility index (Phi) is 2.98. The van der Waals surface area contributed by atoms with Crippen molar-refractivity contribution in [2.75, 3.05) is 0 Å². The molecule has 1 aliphatic carbocycles. The van der Waals surface area contributed by atoms with Crippen LogP contribution in [0.3, 0.4) is 0 Å². The second kappa shape index (κ2) is 4.31. The normalized spacial score (nSPS) is 15.2. The quantitative estimate of drug-likeness (QED) is 0.747. The molecular weight excluding hydrogens is 381 g/mol. The number of aromatic hydroxyl groups is 1. The molecule has 0 unspecified atom stereocenters. The zero-order valence-corrected chi connectivity index (χ0v) is 13.2. The van der Waals surface area contributed by atoms with Gasteiger partial charge >= 0.3 is 0 Å². The monoisotopic (exact) mass is 389 g/mol. The smallest absolute Gasteiger partial charge is 0.255 e. The number of pyridine rings is 1. The van der Waals surface area contributed by atoms with Crippen LogP contribution in [0.25, 0.3) is 10.9 Å². The molecule has 1 aromatic heterocycles. The van der Waals surface area contributed by atoms with Crippen molar-refractivity contribution in [2.24, 2.45) is 0 Å². The lowest BCUT2D eigenvalue weighted by molar-refractivity contribution is 0.477. The third-order valence-electron chi connectivity index (χ3n) is 3.43.